The molecule has 2 aromatic rings. The molecule has 0 spiro atoms. The molecule has 0 atom stereocenters. The van der Waals surface area contributed by atoms with E-state index in [-0.39, 0.29) is 34.3 Å². The number of nitrogens with zero attached hydrogens (tertiary/aromatic N) is 1. The van der Waals surface area contributed by atoms with Crippen molar-refractivity contribution in [2.45, 2.75) is 13.1 Å². The molecule has 0 fully saturated rings. The van der Waals surface area contributed by atoms with E-state index in [1.807, 2.05) is 0 Å². The number of esters is 1. The van der Waals surface area contributed by atoms with E-state index in [2.05, 4.69) is 9.72 Å². The predicted octanol–water partition coefficient (Wildman–Crippen LogP) is 4.75. The highest BCUT2D eigenvalue weighted by atomic mass is 35.5. The van der Waals surface area contributed by atoms with Gasteiger partial charge < -0.3 is 9.47 Å². The number of ether oxygens (including phenoxy) is 2. The molecule has 25 heavy (non-hydrogen) atoms. The molecule has 0 amide bonds. The van der Waals surface area contributed by atoms with Crippen LogP contribution in [0.5, 0.6) is 5.75 Å². The summed E-state index contributed by atoms with van der Waals surface area (Å²) in [6.07, 6.45) is -4.59. The summed E-state index contributed by atoms with van der Waals surface area (Å²) in [7, 11) is 1.09. The number of rotatable bonds is 4. The molecule has 0 aliphatic carbocycles. The van der Waals surface area contributed by atoms with Crippen molar-refractivity contribution in [1.82, 2.24) is 4.98 Å². The number of halogens is 5. The number of benzene rings is 1. The summed E-state index contributed by atoms with van der Waals surface area (Å²) in [5, 5.41) is -0.280. The molecule has 2 rings (SSSR count). The zero-order valence-electron chi connectivity index (χ0n) is 13.1. The Morgan fingerprint density at radius 1 is 1.28 bits per heavy atom. The number of carbonyl (C=O) groups is 1. The maximum absolute atomic E-state index is 14.3. The van der Waals surface area contributed by atoms with Gasteiger partial charge in [0.2, 0.25) is 0 Å². The Morgan fingerprint density at radius 2 is 1.96 bits per heavy atom. The third-order valence-electron chi connectivity index (χ3n) is 3.17. The first-order chi connectivity index (χ1) is 11.7. The standard InChI is InChI=1S/C16H12ClF4NO3/c1-3-25-12-6-8(16(19,20)21)4-5-9(12)13-11(18)7-10(17)14(22-13)15(23)24-2/h4-7H,3H2,1-2H3. The van der Waals surface area contributed by atoms with Gasteiger partial charge in [0, 0.05) is 5.56 Å². The van der Waals surface area contributed by atoms with Gasteiger partial charge in [-0.25, -0.2) is 14.2 Å². The quantitative estimate of drug-likeness (QED) is 0.570. The molecule has 0 saturated carbocycles. The molecule has 0 saturated heterocycles. The van der Waals surface area contributed by atoms with E-state index >= 15 is 0 Å². The predicted molar refractivity (Wildman–Crippen MR) is 82.2 cm³/mol. The van der Waals surface area contributed by atoms with Gasteiger partial charge in [-0.3, -0.25) is 0 Å². The third-order valence-corrected chi connectivity index (χ3v) is 3.46. The molecule has 1 aromatic carbocycles. The van der Waals surface area contributed by atoms with Crippen LogP contribution in [0.25, 0.3) is 11.3 Å². The number of alkyl halides is 3. The molecule has 1 heterocycles. The van der Waals surface area contributed by atoms with Crippen LogP contribution in [0.3, 0.4) is 0 Å². The van der Waals surface area contributed by atoms with Gasteiger partial charge in [-0.15, -0.1) is 0 Å². The molecular formula is C16H12ClF4NO3. The first-order valence-electron chi connectivity index (χ1n) is 6.97. The van der Waals surface area contributed by atoms with E-state index in [1.54, 1.807) is 6.92 Å². The fourth-order valence-corrected chi connectivity index (χ4v) is 2.28. The zero-order valence-corrected chi connectivity index (χ0v) is 13.8. The van der Waals surface area contributed by atoms with Crippen LogP contribution in [0.15, 0.2) is 24.3 Å². The smallest absolute Gasteiger partial charge is 0.416 e. The van der Waals surface area contributed by atoms with Gasteiger partial charge >= 0.3 is 12.1 Å². The van der Waals surface area contributed by atoms with Crippen molar-refractivity contribution in [3.63, 3.8) is 0 Å². The van der Waals surface area contributed by atoms with E-state index in [1.165, 1.54) is 0 Å². The first-order valence-corrected chi connectivity index (χ1v) is 7.35. The summed E-state index contributed by atoms with van der Waals surface area (Å²) < 4.78 is 62.5. The molecule has 1 aromatic heterocycles. The topological polar surface area (TPSA) is 48.4 Å². The van der Waals surface area contributed by atoms with Gasteiger partial charge in [0.05, 0.1) is 24.3 Å². The van der Waals surface area contributed by atoms with Gasteiger partial charge in [0.25, 0.3) is 0 Å². The SMILES string of the molecule is CCOc1cc(C(F)(F)F)ccc1-c1nc(C(=O)OC)c(Cl)cc1F. The minimum absolute atomic E-state index is 0.0471. The van der Waals surface area contributed by atoms with Gasteiger partial charge in [0.15, 0.2) is 11.5 Å². The van der Waals surface area contributed by atoms with Gasteiger partial charge in [0.1, 0.15) is 11.4 Å². The number of hydrogen-bond donors (Lipinski definition) is 0. The minimum atomic E-state index is -4.59. The summed E-state index contributed by atoms with van der Waals surface area (Å²) in [6.45, 7) is 1.61. The zero-order chi connectivity index (χ0) is 18.8. The lowest BCUT2D eigenvalue weighted by Crippen LogP contribution is -2.09. The summed E-state index contributed by atoms with van der Waals surface area (Å²) in [6, 6.07) is 3.37. The average molecular weight is 378 g/mol. The van der Waals surface area contributed by atoms with Gasteiger partial charge in [-0.05, 0) is 31.2 Å². The lowest BCUT2D eigenvalue weighted by molar-refractivity contribution is -0.137. The Morgan fingerprint density at radius 3 is 2.52 bits per heavy atom. The van der Waals surface area contributed by atoms with Crippen LogP contribution in [-0.2, 0) is 10.9 Å². The van der Waals surface area contributed by atoms with Crippen LogP contribution in [0, 0.1) is 5.82 Å². The van der Waals surface area contributed by atoms with Crippen LogP contribution in [0.4, 0.5) is 17.6 Å². The molecule has 0 bridgehead atoms. The molecule has 4 nitrogen and oxygen atoms in total. The molecule has 0 unspecified atom stereocenters. The minimum Gasteiger partial charge on any atom is -0.493 e. The second-order valence-corrected chi connectivity index (χ2v) is 5.19. The van der Waals surface area contributed by atoms with Crippen molar-refractivity contribution < 1.29 is 31.8 Å². The van der Waals surface area contributed by atoms with Crippen LogP contribution in [0.2, 0.25) is 5.02 Å². The fraction of sp³-hybridized carbons (Fsp3) is 0.250. The van der Waals surface area contributed by atoms with Crippen molar-refractivity contribution in [1.29, 1.82) is 0 Å². The van der Waals surface area contributed by atoms with Crippen molar-refractivity contribution >= 4 is 17.6 Å². The maximum atomic E-state index is 14.3. The first kappa shape index (κ1) is 19.0. The highest BCUT2D eigenvalue weighted by Crippen LogP contribution is 2.38. The van der Waals surface area contributed by atoms with E-state index in [0.29, 0.717) is 0 Å². The van der Waals surface area contributed by atoms with Crippen molar-refractivity contribution in [3.05, 3.63) is 46.4 Å². The second kappa shape index (κ2) is 7.26. The molecule has 0 N–H and O–H groups in total. The Kier molecular flexibility index (Phi) is 5.52. The highest BCUT2D eigenvalue weighted by Gasteiger charge is 2.32. The van der Waals surface area contributed by atoms with Crippen molar-refractivity contribution in [3.8, 4) is 17.0 Å². The summed E-state index contributed by atoms with van der Waals surface area (Å²) in [4.78, 5) is 15.5. The fourth-order valence-electron chi connectivity index (χ4n) is 2.06. The normalized spacial score (nSPS) is 11.3. The van der Waals surface area contributed by atoms with Crippen LogP contribution in [-0.4, -0.2) is 24.7 Å². The van der Waals surface area contributed by atoms with Crippen LogP contribution >= 0.6 is 11.6 Å². The molecule has 0 aliphatic rings. The molecular weight excluding hydrogens is 366 g/mol. The number of pyridine rings is 1. The third kappa shape index (κ3) is 4.01. The van der Waals surface area contributed by atoms with Crippen molar-refractivity contribution in [2.75, 3.05) is 13.7 Å². The average Bonchev–Trinajstić information content (AvgIpc) is 2.54. The second-order valence-electron chi connectivity index (χ2n) is 4.78. The van der Waals surface area contributed by atoms with Crippen LogP contribution in [0.1, 0.15) is 23.0 Å². The van der Waals surface area contributed by atoms with E-state index < -0.39 is 23.5 Å². The number of methoxy groups -OCH3 is 1. The lowest BCUT2D eigenvalue weighted by atomic mass is 10.1. The maximum Gasteiger partial charge on any atom is 0.416 e. The monoisotopic (exact) mass is 377 g/mol. The molecule has 134 valence electrons. The molecule has 0 aliphatic heterocycles. The summed E-state index contributed by atoms with van der Waals surface area (Å²) >= 11 is 5.77. The summed E-state index contributed by atoms with van der Waals surface area (Å²) in [5.41, 5.74) is -1.73. The van der Waals surface area contributed by atoms with Gasteiger partial charge in [-0.2, -0.15) is 13.2 Å². The Bertz CT molecular complexity index is 809. The summed E-state index contributed by atoms with van der Waals surface area (Å²) in [5.74, 6) is -2.05. The number of aromatic nitrogens is 1. The Hall–Kier alpha value is -2.35. The molecule has 9 heteroatoms. The Labute approximate surface area is 145 Å². The van der Waals surface area contributed by atoms with E-state index in [0.717, 1.165) is 31.4 Å². The van der Waals surface area contributed by atoms with Crippen LogP contribution < -0.4 is 4.74 Å². The largest absolute Gasteiger partial charge is 0.493 e. The lowest BCUT2D eigenvalue weighted by Gasteiger charge is -2.15. The number of hydrogen-bond acceptors (Lipinski definition) is 4. The Balaban J connectivity index is 2.66. The van der Waals surface area contributed by atoms with E-state index in [9.17, 15) is 22.4 Å². The molecule has 0 radical (unpaired) electrons. The highest BCUT2D eigenvalue weighted by molar-refractivity contribution is 6.33. The van der Waals surface area contributed by atoms with Gasteiger partial charge in [-0.1, -0.05) is 11.6 Å². The van der Waals surface area contributed by atoms with Crippen molar-refractivity contribution in [2.24, 2.45) is 0 Å². The number of carbonyl (C=O) groups excluding carboxylic acids is 1. The van der Waals surface area contributed by atoms with E-state index in [4.69, 9.17) is 16.3 Å².